The topological polar surface area (TPSA) is 72.0 Å². The summed E-state index contributed by atoms with van der Waals surface area (Å²) >= 11 is 0. The normalized spacial score (nSPS) is 10.1. The van der Waals surface area contributed by atoms with Crippen LogP contribution in [0.4, 0.5) is 4.39 Å². The summed E-state index contributed by atoms with van der Waals surface area (Å²) in [5.41, 5.74) is 6.08. The lowest BCUT2D eigenvalue weighted by atomic mass is 10.2. The van der Waals surface area contributed by atoms with Crippen molar-refractivity contribution in [2.45, 2.75) is 6.61 Å². The molecule has 2 aromatic rings. The van der Waals surface area contributed by atoms with Crippen LogP contribution in [-0.4, -0.2) is 10.8 Å². The molecule has 0 saturated carbocycles. The van der Waals surface area contributed by atoms with Crippen LogP contribution in [0.1, 0.15) is 11.3 Å². The number of rotatable bonds is 4. The molecular weight excluding hydrogens is 233 g/mol. The minimum Gasteiger partial charge on any atom is -0.486 e. The molecule has 0 saturated heterocycles. The maximum atomic E-state index is 13.4. The number of ether oxygens (including phenoxy) is 1. The van der Waals surface area contributed by atoms with Crippen molar-refractivity contribution in [2.24, 2.45) is 5.73 Å². The first-order valence-corrected chi connectivity index (χ1v) is 5.34. The molecule has 5 heteroatoms. The molecule has 0 aliphatic rings. The number of hydrogen-bond donors (Lipinski definition) is 2. The molecular formula is C13H12FN3O. The highest BCUT2D eigenvalue weighted by molar-refractivity contribution is 5.95. The number of nitrogens with zero attached hydrogens (tertiary/aromatic N) is 1. The van der Waals surface area contributed by atoms with Gasteiger partial charge in [-0.25, -0.2) is 9.37 Å². The monoisotopic (exact) mass is 245 g/mol. The molecule has 4 nitrogen and oxygen atoms in total. The van der Waals surface area contributed by atoms with Gasteiger partial charge in [-0.15, -0.1) is 0 Å². The van der Waals surface area contributed by atoms with Crippen molar-refractivity contribution >= 4 is 5.84 Å². The highest BCUT2D eigenvalue weighted by Crippen LogP contribution is 2.17. The zero-order chi connectivity index (χ0) is 13.0. The summed E-state index contributed by atoms with van der Waals surface area (Å²) in [6.07, 6.45) is 1.52. The first-order valence-electron chi connectivity index (χ1n) is 5.34. The summed E-state index contributed by atoms with van der Waals surface area (Å²) in [6.45, 7) is 0.0681. The number of halogens is 1. The number of pyridine rings is 1. The van der Waals surface area contributed by atoms with E-state index >= 15 is 0 Å². The highest BCUT2D eigenvalue weighted by Gasteiger charge is 2.08. The van der Waals surface area contributed by atoms with Crippen LogP contribution in [0.25, 0.3) is 0 Å². The summed E-state index contributed by atoms with van der Waals surface area (Å²) in [4.78, 5) is 3.94. The van der Waals surface area contributed by atoms with E-state index in [1.807, 2.05) is 0 Å². The van der Waals surface area contributed by atoms with Crippen LogP contribution in [0.5, 0.6) is 5.75 Å². The predicted molar refractivity (Wildman–Crippen MR) is 66.0 cm³/mol. The van der Waals surface area contributed by atoms with Crippen molar-refractivity contribution < 1.29 is 9.13 Å². The predicted octanol–water partition coefficient (Wildman–Crippen LogP) is 2.08. The van der Waals surface area contributed by atoms with Crippen LogP contribution >= 0.6 is 0 Å². The van der Waals surface area contributed by atoms with Gasteiger partial charge in [0.15, 0.2) is 0 Å². The van der Waals surface area contributed by atoms with E-state index in [4.69, 9.17) is 15.9 Å². The van der Waals surface area contributed by atoms with Gasteiger partial charge in [0, 0.05) is 11.8 Å². The second-order valence-corrected chi connectivity index (χ2v) is 3.64. The van der Waals surface area contributed by atoms with E-state index in [0.717, 1.165) is 0 Å². The lowest BCUT2D eigenvalue weighted by Crippen LogP contribution is -2.15. The number of nitrogen functional groups attached to an aromatic ring is 1. The van der Waals surface area contributed by atoms with Gasteiger partial charge in [-0.1, -0.05) is 18.2 Å². The number of hydrogen-bond acceptors (Lipinski definition) is 3. The molecule has 0 radical (unpaired) electrons. The van der Waals surface area contributed by atoms with Crippen LogP contribution in [0.3, 0.4) is 0 Å². The van der Waals surface area contributed by atoms with Gasteiger partial charge in [-0.3, -0.25) is 5.41 Å². The molecule has 18 heavy (non-hydrogen) atoms. The smallest absolute Gasteiger partial charge is 0.149 e. The van der Waals surface area contributed by atoms with Crippen molar-refractivity contribution in [1.82, 2.24) is 4.98 Å². The number of benzene rings is 1. The van der Waals surface area contributed by atoms with Crippen LogP contribution in [-0.2, 0) is 6.61 Å². The Morgan fingerprint density at radius 3 is 2.78 bits per heavy atom. The summed E-state index contributed by atoms with van der Waals surface area (Å²) in [5.74, 6) is -0.141. The van der Waals surface area contributed by atoms with Crippen LogP contribution in [0, 0.1) is 11.2 Å². The molecule has 0 aliphatic heterocycles. The Bertz CT molecular complexity index is 572. The van der Waals surface area contributed by atoms with E-state index in [1.165, 1.54) is 12.3 Å². The Morgan fingerprint density at radius 1 is 1.28 bits per heavy atom. The lowest BCUT2D eigenvalue weighted by Gasteiger charge is -2.09. The second kappa shape index (κ2) is 5.27. The molecule has 0 atom stereocenters. The standard InChI is InChI=1S/C13H12FN3O/c14-10-5-2-1-4-9(10)8-18-11-6-3-7-17-12(11)13(15)16/h1-7H,8H2,(H3,15,16). The van der Waals surface area contributed by atoms with E-state index in [2.05, 4.69) is 4.98 Å². The first-order chi connectivity index (χ1) is 8.68. The van der Waals surface area contributed by atoms with Gasteiger partial charge in [0.1, 0.15) is 29.7 Å². The fraction of sp³-hybridized carbons (Fsp3) is 0.0769. The fourth-order valence-electron chi connectivity index (χ4n) is 1.48. The minimum atomic E-state index is -0.328. The number of nitrogens with two attached hydrogens (primary N) is 1. The Morgan fingerprint density at radius 2 is 2.06 bits per heavy atom. The van der Waals surface area contributed by atoms with Gasteiger partial charge in [0.25, 0.3) is 0 Å². The average Bonchev–Trinajstić information content (AvgIpc) is 2.38. The number of amidine groups is 1. The zero-order valence-corrected chi connectivity index (χ0v) is 9.56. The van der Waals surface area contributed by atoms with Crippen molar-refractivity contribution in [3.8, 4) is 5.75 Å². The van der Waals surface area contributed by atoms with Crippen molar-refractivity contribution in [3.63, 3.8) is 0 Å². The van der Waals surface area contributed by atoms with Crippen LogP contribution < -0.4 is 10.5 Å². The molecule has 0 fully saturated rings. The summed E-state index contributed by atoms with van der Waals surface area (Å²) in [5, 5.41) is 7.36. The molecule has 92 valence electrons. The fourth-order valence-corrected chi connectivity index (χ4v) is 1.48. The molecule has 1 aromatic heterocycles. The number of nitrogens with one attached hydrogen (secondary N) is 1. The van der Waals surface area contributed by atoms with Gasteiger partial charge in [-0.05, 0) is 18.2 Å². The third-order valence-electron chi connectivity index (χ3n) is 2.37. The molecule has 0 unspecified atom stereocenters. The zero-order valence-electron chi connectivity index (χ0n) is 9.56. The van der Waals surface area contributed by atoms with Crippen molar-refractivity contribution in [1.29, 1.82) is 5.41 Å². The third-order valence-corrected chi connectivity index (χ3v) is 2.37. The Hall–Kier alpha value is -2.43. The Balaban J connectivity index is 2.16. The molecule has 0 spiro atoms. The van der Waals surface area contributed by atoms with E-state index in [9.17, 15) is 4.39 Å². The van der Waals surface area contributed by atoms with Gasteiger partial charge >= 0.3 is 0 Å². The van der Waals surface area contributed by atoms with Crippen molar-refractivity contribution in [3.05, 3.63) is 59.7 Å². The molecule has 3 N–H and O–H groups in total. The van der Waals surface area contributed by atoms with E-state index in [-0.39, 0.29) is 24.0 Å². The first kappa shape index (κ1) is 12.0. The summed E-state index contributed by atoms with van der Waals surface area (Å²) in [7, 11) is 0. The Labute approximate surface area is 104 Å². The van der Waals surface area contributed by atoms with Crippen LogP contribution in [0.2, 0.25) is 0 Å². The third kappa shape index (κ3) is 2.63. The van der Waals surface area contributed by atoms with Crippen LogP contribution in [0.15, 0.2) is 42.6 Å². The molecule has 0 bridgehead atoms. The Kier molecular flexibility index (Phi) is 3.52. The van der Waals surface area contributed by atoms with E-state index in [1.54, 1.807) is 30.3 Å². The van der Waals surface area contributed by atoms with Gasteiger partial charge in [0.2, 0.25) is 0 Å². The van der Waals surface area contributed by atoms with E-state index < -0.39 is 0 Å². The van der Waals surface area contributed by atoms with Gasteiger partial charge in [-0.2, -0.15) is 0 Å². The maximum absolute atomic E-state index is 13.4. The summed E-state index contributed by atoms with van der Waals surface area (Å²) < 4.78 is 18.8. The molecule has 1 heterocycles. The SMILES string of the molecule is N=C(N)c1ncccc1OCc1ccccc1F. The average molecular weight is 245 g/mol. The molecule has 0 aliphatic carbocycles. The van der Waals surface area contributed by atoms with Gasteiger partial charge in [0.05, 0.1) is 0 Å². The molecule has 1 aromatic carbocycles. The minimum absolute atomic E-state index is 0.0681. The number of aromatic nitrogens is 1. The quantitative estimate of drug-likeness (QED) is 0.640. The van der Waals surface area contributed by atoms with Crippen molar-refractivity contribution in [2.75, 3.05) is 0 Å². The van der Waals surface area contributed by atoms with Gasteiger partial charge < -0.3 is 10.5 Å². The summed E-state index contributed by atoms with van der Waals surface area (Å²) in [6, 6.07) is 9.67. The second-order valence-electron chi connectivity index (χ2n) is 3.64. The highest BCUT2D eigenvalue weighted by atomic mass is 19.1. The maximum Gasteiger partial charge on any atom is 0.149 e. The molecule has 2 rings (SSSR count). The largest absolute Gasteiger partial charge is 0.486 e. The molecule has 0 amide bonds. The van der Waals surface area contributed by atoms with E-state index in [0.29, 0.717) is 11.3 Å². The lowest BCUT2D eigenvalue weighted by molar-refractivity contribution is 0.298.